The van der Waals surface area contributed by atoms with E-state index in [0.717, 1.165) is 34.1 Å². The highest BCUT2D eigenvalue weighted by molar-refractivity contribution is 7.11. The van der Waals surface area contributed by atoms with Crippen molar-refractivity contribution in [2.24, 2.45) is 0 Å². The fraction of sp³-hybridized carbons (Fsp3) is 0.154. The lowest BCUT2D eigenvalue weighted by atomic mass is 10.1. The molecule has 0 bridgehead atoms. The van der Waals surface area contributed by atoms with Gasteiger partial charge in [-0.15, -0.1) is 11.3 Å². The van der Waals surface area contributed by atoms with Crippen molar-refractivity contribution in [3.8, 4) is 11.1 Å². The van der Waals surface area contributed by atoms with Crippen LogP contribution in [0.25, 0.3) is 11.1 Å². The number of pyridine rings is 1. The van der Waals surface area contributed by atoms with Crippen molar-refractivity contribution >= 4 is 33.7 Å². The minimum Gasteiger partial charge on any atom is -0.382 e. The Labute approximate surface area is 124 Å². The van der Waals surface area contributed by atoms with Crippen LogP contribution in [0.1, 0.15) is 5.01 Å². The van der Waals surface area contributed by atoms with E-state index in [9.17, 15) is 0 Å². The molecule has 0 unspecified atom stereocenters. The second-order valence-electron chi connectivity index (χ2n) is 4.11. The molecule has 3 aromatic heterocycles. The Morgan fingerprint density at radius 1 is 1.20 bits per heavy atom. The van der Waals surface area contributed by atoms with E-state index in [0.29, 0.717) is 5.82 Å². The third-order valence-corrected chi connectivity index (χ3v) is 4.45. The molecule has 0 saturated carbocycles. The third kappa shape index (κ3) is 2.78. The van der Waals surface area contributed by atoms with Gasteiger partial charge in [0, 0.05) is 36.9 Å². The van der Waals surface area contributed by atoms with Gasteiger partial charge in [-0.05, 0) is 29.2 Å². The van der Waals surface area contributed by atoms with E-state index in [1.165, 1.54) is 11.5 Å². The van der Waals surface area contributed by atoms with Gasteiger partial charge < -0.3 is 11.1 Å². The Kier molecular flexibility index (Phi) is 3.89. The van der Waals surface area contributed by atoms with Crippen molar-refractivity contribution in [1.29, 1.82) is 0 Å². The molecule has 0 atom stereocenters. The Morgan fingerprint density at radius 3 is 2.80 bits per heavy atom. The molecule has 20 heavy (non-hydrogen) atoms. The fourth-order valence-electron chi connectivity index (χ4n) is 1.88. The topological polar surface area (TPSA) is 76.7 Å². The van der Waals surface area contributed by atoms with Crippen LogP contribution in [0.5, 0.6) is 0 Å². The Bertz CT molecular complexity index is 663. The molecule has 0 radical (unpaired) electrons. The molecule has 102 valence electrons. The molecule has 3 aromatic rings. The predicted molar refractivity (Wildman–Crippen MR) is 84.1 cm³/mol. The first-order chi connectivity index (χ1) is 9.84. The van der Waals surface area contributed by atoms with Crippen LogP contribution in [0.3, 0.4) is 0 Å². The number of nitrogens with one attached hydrogen (secondary N) is 1. The van der Waals surface area contributed by atoms with Gasteiger partial charge >= 0.3 is 0 Å². The van der Waals surface area contributed by atoms with Crippen LogP contribution in [0.2, 0.25) is 0 Å². The molecule has 3 rings (SSSR count). The van der Waals surface area contributed by atoms with Gasteiger partial charge in [0.15, 0.2) is 0 Å². The molecule has 3 N–H and O–H groups in total. The summed E-state index contributed by atoms with van der Waals surface area (Å²) in [5.41, 5.74) is 7.95. The van der Waals surface area contributed by atoms with E-state index in [1.807, 2.05) is 23.7 Å². The number of hydrogen-bond acceptors (Lipinski definition) is 7. The highest BCUT2D eigenvalue weighted by Gasteiger charge is 2.13. The van der Waals surface area contributed by atoms with E-state index >= 15 is 0 Å². The van der Waals surface area contributed by atoms with Crippen molar-refractivity contribution in [2.75, 3.05) is 17.6 Å². The number of thiazole rings is 1. The van der Waals surface area contributed by atoms with E-state index in [1.54, 1.807) is 23.7 Å². The summed E-state index contributed by atoms with van der Waals surface area (Å²) in [6, 6.07) is 3.87. The van der Waals surface area contributed by atoms with E-state index in [2.05, 4.69) is 19.7 Å². The summed E-state index contributed by atoms with van der Waals surface area (Å²) < 4.78 is 4.23. The lowest BCUT2D eigenvalue weighted by Gasteiger charge is -2.06. The van der Waals surface area contributed by atoms with Crippen LogP contribution in [0.4, 0.5) is 10.8 Å². The standard InChI is InChI=1S/C13H13N5S2/c14-12-11(9-1-4-15-5-2-9)13(20-18-12)17-6-3-10-16-7-8-19-10/h1-2,4-5,7-8,17H,3,6H2,(H2,14,18). The second kappa shape index (κ2) is 5.98. The Balaban J connectivity index is 1.74. The van der Waals surface area contributed by atoms with Crippen LogP contribution in [-0.4, -0.2) is 20.9 Å². The summed E-state index contributed by atoms with van der Waals surface area (Å²) in [6.07, 6.45) is 6.23. The first kappa shape index (κ1) is 13.0. The van der Waals surface area contributed by atoms with Crippen molar-refractivity contribution in [3.05, 3.63) is 41.1 Å². The van der Waals surface area contributed by atoms with Crippen LogP contribution in [0, 0.1) is 0 Å². The van der Waals surface area contributed by atoms with E-state index in [4.69, 9.17) is 5.73 Å². The molecular weight excluding hydrogens is 290 g/mol. The number of nitrogen functional groups attached to an aromatic ring is 1. The molecule has 3 heterocycles. The normalized spacial score (nSPS) is 10.6. The molecule has 0 aliphatic carbocycles. The molecule has 0 aromatic carbocycles. The van der Waals surface area contributed by atoms with Crippen LogP contribution < -0.4 is 11.1 Å². The second-order valence-corrected chi connectivity index (χ2v) is 5.86. The smallest absolute Gasteiger partial charge is 0.147 e. The van der Waals surface area contributed by atoms with Crippen molar-refractivity contribution in [1.82, 2.24) is 14.3 Å². The van der Waals surface area contributed by atoms with Crippen molar-refractivity contribution in [3.63, 3.8) is 0 Å². The van der Waals surface area contributed by atoms with Gasteiger partial charge in [-0.25, -0.2) is 4.98 Å². The predicted octanol–water partition coefficient (Wildman–Crippen LogP) is 2.90. The van der Waals surface area contributed by atoms with Gasteiger partial charge in [-0.3, -0.25) is 4.98 Å². The summed E-state index contributed by atoms with van der Waals surface area (Å²) in [5, 5.41) is 7.50. The summed E-state index contributed by atoms with van der Waals surface area (Å²) in [7, 11) is 0. The minimum absolute atomic E-state index is 0.554. The third-order valence-electron chi connectivity index (χ3n) is 2.80. The number of anilines is 2. The first-order valence-corrected chi connectivity index (χ1v) is 7.77. The first-order valence-electron chi connectivity index (χ1n) is 6.12. The highest BCUT2D eigenvalue weighted by Crippen LogP contribution is 2.36. The zero-order chi connectivity index (χ0) is 13.8. The monoisotopic (exact) mass is 303 g/mol. The lowest BCUT2D eigenvalue weighted by molar-refractivity contribution is 1.00. The Hall–Kier alpha value is -1.99. The summed E-state index contributed by atoms with van der Waals surface area (Å²) in [6.45, 7) is 0.813. The minimum atomic E-state index is 0.554. The fourth-order valence-corrected chi connectivity index (χ4v) is 3.26. The molecule has 0 saturated heterocycles. The molecule has 0 aliphatic heterocycles. The molecule has 0 spiro atoms. The number of hydrogen-bond donors (Lipinski definition) is 2. The quantitative estimate of drug-likeness (QED) is 0.758. The number of aromatic nitrogens is 3. The molecule has 7 heteroatoms. The SMILES string of the molecule is Nc1nsc(NCCc2nccs2)c1-c1ccncc1. The van der Waals surface area contributed by atoms with Crippen LogP contribution in [0.15, 0.2) is 36.1 Å². The molecule has 0 amide bonds. The molecule has 0 aliphatic rings. The van der Waals surface area contributed by atoms with Gasteiger partial charge in [-0.2, -0.15) is 4.37 Å². The zero-order valence-corrected chi connectivity index (χ0v) is 12.2. The number of rotatable bonds is 5. The van der Waals surface area contributed by atoms with Gasteiger partial charge in [0.2, 0.25) is 0 Å². The average Bonchev–Trinajstić information content (AvgIpc) is 3.10. The maximum atomic E-state index is 5.97. The highest BCUT2D eigenvalue weighted by atomic mass is 32.1. The van der Waals surface area contributed by atoms with Crippen LogP contribution >= 0.6 is 22.9 Å². The zero-order valence-electron chi connectivity index (χ0n) is 10.6. The molecule has 0 fully saturated rings. The largest absolute Gasteiger partial charge is 0.382 e. The van der Waals surface area contributed by atoms with Gasteiger partial charge in [0.25, 0.3) is 0 Å². The maximum absolute atomic E-state index is 5.97. The number of nitrogens with two attached hydrogens (primary N) is 1. The van der Waals surface area contributed by atoms with Crippen molar-refractivity contribution < 1.29 is 0 Å². The van der Waals surface area contributed by atoms with Crippen molar-refractivity contribution in [2.45, 2.75) is 6.42 Å². The summed E-state index contributed by atoms with van der Waals surface area (Å²) in [5.74, 6) is 0.554. The summed E-state index contributed by atoms with van der Waals surface area (Å²) in [4.78, 5) is 8.29. The number of nitrogens with zero attached hydrogens (tertiary/aromatic N) is 3. The van der Waals surface area contributed by atoms with Gasteiger partial charge in [0.1, 0.15) is 10.8 Å². The molecule has 5 nitrogen and oxygen atoms in total. The lowest BCUT2D eigenvalue weighted by Crippen LogP contribution is -2.04. The van der Waals surface area contributed by atoms with E-state index in [-0.39, 0.29) is 0 Å². The Morgan fingerprint density at radius 2 is 2.05 bits per heavy atom. The van der Waals surface area contributed by atoms with Gasteiger partial charge in [-0.1, -0.05) is 0 Å². The van der Waals surface area contributed by atoms with E-state index < -0.39 is 0 Å². The van der Waals surface area contributed by atoms with Gasteiger partial charge in [0.05, 0.1) is 10.6 Å². The summed E-state index contributed by atoms with van der Waals surface area (Å²) >= 11 is 3.05. The average molecular weight is 303 g/mol. The molecular formula is C13H13N5S2. The van der Waals surface area contributed by atoms with Crippen LogP contribution in [-0.2, 0) is 6.42 Å². The maximum Gasteiger partial charge on any atom is 0.147 e.